The first-order valence-electron chi connectivity index (χ1n) is 8.43. The standard InChI is InChI=1S/C19H20N2O4/c22-19(20-15-3-6-17-18(13-15)25-12-11-24-17)14-1-4-16(5-2-14)21-7-9-23-10-8-21/h1-6,13H,7-12H2,(H,20,22). The van der Waals surface area contributed by atoms with Gasteiger partial charge < -0.3 is 24.4 Å². The molecule has 1 N–H and O–H groups in total. The quantitative estimate of drug-likeness (QED) is 0.930. The van der Waals surface area contributed by atoms with E-state index in [0.717, 1.165) is 32.0 Å². The maximum absolute atomic E-state index is 12.5. The smallest absolute Gasteiger partial charge is 0.255 e. The summed E-state index contributed by atoms with van der Waals surface area (Å²) in [5.74, 6) is 1.22. The number of amides is 1. The van der Waals surface area contributed by atoms with Crippen LogP contribution in [-0.2, 0) is 4.74 Å². The molecule has 6 nitrogen and oxygen atoms in total. The zero-order valence-electron chi connectivity index (χ0n) is 13.9. The highest BCUT2D eigenvalue weighted by molar-refractivity contribution is 6.04. The van der Waals surface area contributed by atoms with E-state index >= 15 is 0 Å². The Morgan fingerprint density at radius 3 is 2.36 bits per heavy atom. The molecule has 25 heavy (non-hydrogen) atoms. The summed E-state index contributed by atoms with van der Waals surface area (Å²) < 4.78 is 16.4. The largest absolute Gasteiger partial charge is 0.486 e. The molecular formula is C19H20N2O4. The van der Waals surface area contributed by atoms with Gasteiger partial charge in [-0.1, -0.05) is 0 Å². The van der Waals surface area contributed by atoms with Crippen molar-refractivity contribution in [3.63, 3.8) is 0 Å². The van der Waals surface area contributed by atoms with Gasteiger partial charge in [0.05, 0.1) is 13.2 Å². The van der Waals surface area contributed by atoms with Crippen molar-refractivity contribution >= 4 is 17.3 Å². The number of anilines is 2. The third-order valence-corrected chi connectivity index (χ3v) is 4.31. The third kappa shape index (κ3) is 3.53. The minimum Gasteiger partial charge on any atom is -0.486 e. The van der Waals surface area contributed by atoms with Crippen molar-refractivity contribution in [3.05, 3.63) is 48.0 Å². The second-order valence-corrected chi connectivity index (χ2v) is 5.96. The minimum atomic E-state index is -0.148. The molecule has 0 bridgehead atoms. The van der Waals surface area contributed by atoms with Gasteiger partial charge in [-0.3, -0.25) is 4.79 Å². The summed E-state index contributed by atoms with van der Waals surface area (Å²) >= 11 is 0. The van der Waals surface area contributed by atoms with E-state index in [-0.39, 0.29) is 5.91 Å². The molecule has 0 saturated carbocycles. The van der Waals surface area contributed by atoms with Crippen LogP contribution in [0.5, 0.6) is 11.5 Å². The molecule has 1 amide bonds. The number of carbonyl (C=O) groups is 1. The number of ether oxygens (including phenoxy) is 3. The van der Waals surface area contributed by atoms with E-state index < -0.39 is 0 Å². The van der Waals surface area contributed by atoms with Crippen molar-refractivity contribution in [1.82, 2.24) is 0 Å². The number of nitrogens with zero attached hydrogens (tertiary/aromatic N) is 1. The summed E-state index contributed by atoms with van der Waals surface area (Å²) in [6.45, 7) is 4.31. The van der Waals surface area contributed by atoms with E-state index in [4.69, 9.17) is 14.2 Å². The van der Waals surface area contributed by atoms with Gasteiger partial charge in [-0.15, -0.1) is 0 Å². The van der Waals surface area contributed by atoms with Gasteiger partial charge in [-0.25, -0.2) is 0 Å². The fourth-order valence-electron chi connectivity index (χ4n) is 2.97. The van der Waals surface area contributed by atoms with E-state index in [9.17, 15) is 4.79 Å². The predicted molar refractivity (Wildman–Crippen MR) is 94.9 cm³/mol. The Hall–Kier alpha value is -2.73. The normalized spacial score (nSPS) is 16.4. The highest BCUT2D eigenvalue weighted by Crippen LogP contribution is 2.32. The molecule has 1 fully saturated rings. The van der Waals surface area contributed by atoms with E-state index in [1.165, 1.54) is 0 Å². The molecule has 6 heteroatoms. The van der Waals surface area contributed by atoms with Crippen LogP contribution in [0.3, 0.4) is 0 Å². The first-order valence-corrected chi connectivity index (χ1v) is 8.43. The van der Waals surface area contributed by atoms with Crippen molar-refractivity contribution in [2.45, 2.75) is 0 Å². The first-order chi connectivity index (χ1) is 12.3. The first kappa shape index (κ1) is 15.8. The molecule has 2 aliphatic heterocycles. The summed E-state index contributed by atoms with van der Waals surface area (Å²) in [5.41, 5.74) is 2.41. The maximum atomic E-state index is 12.5. The zero-order chi connectivity index (χ0) is 17.1. The molecule has 2 aromatic carbocycles. The summed E-state index contributed by atoms with van der Waals surface area (Å²) in [6.07, 6.45) is 0. The van der Waals surface area contributed by atoms with E-state index in [1.807, 2.05) is 36.4 Å². The van der Waals surface area contributed by atoms with E-state index in [1.54, 1.807) is 6.07 Å². The zero-order valence-corrected chi connectivity index (χ0v) is 13.9. The second kappa shape index (κ2) is 7.03. The van der Waals surface area contributed by atoms with Gasteiger partial charge in [0.2, 0.25) is 0 Å². The summed E-state index contributed by atoms with van der Waals surface area (Å²) in [5, 5.41) is 2.90. The fourth-order valence-corrected chi connectivity index (χ4v) is 2.97. The maximum Gasteiger partial charge on any atom is 0.255 e. The van der Waals surface area contributed by atoms with Crippen molar-refractivity contribution < 1.29 is 19.0 Å². The molecule has 2 aliphatic rings. The summed E-state index contributed by atoms with van der Waals surface area (Å²) in [6, 6.07) is 13.1. The van der Waals surface area contributed by atoms with E-state index in [2.05, 4.69) is 10.2 Å². The highest BCUT2D eigenvalue weighted by Gasteiger charge is 2.15. The Morgan fingerprint density at radius 2 is 1.60 bits per heavy atom. The van der Waals surface area contributed by atoms with Crippen molar-refractivity contribution in [2.75, 3.05) is 49.7 Å². The number of nitrogens with one attached hydrogen (secondary N) is 1. The number of morpholine rings is 1. The van der Waals surface area contributed by atoms with E-state index in [0.29, 0.717) is 36.0 Å². The van der Waals surface area contributed by atoms with Gasteiger partial charge in [0.1, 0.15) is 13.2 Å². The van der Waals surface area contributed by atoms with Crippen LogP contribution < -0.4 is 19.7 Å². The molecule has 2 heterocycles. The summed E-state index contributed by atoms with van der Waals surface area (Å²) in [4.78, 5) is 14.7. The second-order valence-electron chi connectivity index (χ2n) is 5.96. The van der Waals surface area contributed by atoms with Crippen LogP contribution in [0, 0.1) is 0 Å². The average Bonchev–Trinajstić information content (AvgIpc) is 2.69. The number of hydrogen-bond donors (Lipinski definition) is 1. The molecule has 130 valence electrons. The SMILES string of the molecule is O=C(Nc1ccc2c(c1)OCCO2)c1ccc(N2CCOCC2)cc1. The molecule has 0 atom stereocenters. The Kier molecular flexibility index (Phi) is 4.43. The van der Waals surface area contributed by atoms with Gasteiger partial charge in [0.25, 0.3) is 5.91 Å². The number of hydrogen-bond acceptors (Lipinski definition) is 5. The van der Waals surface area contributed by atoms with Crippen molar-refractivity contribution in [2.24, 2.45) is 0 Å². The predicted octanol–water partition coefficient (Wildman–Crippen LogP) is 2.55. The van der Waals surface area contributed by atoms with Crippen molar-refractivity contribution in [3.8, 4) is 11.5 Å². The van der Waals surface area contributed by atoms with Gasteiger partial charge in [0, 0.05) is 36.1 Å². The number of rotatable bonds is 3. The molecule has 4 rings (SSSR count). The molecule has 2 aromatic rings. The molecule has 0 aromatic heterocycles. The Bertz CT molecular complexity index is 755. The van der Waals surface area contributed by atoms with Crippen LogP contribution in [-0.4, -0.2) is 45.4 Å². The van der Waals surface area contributed by atoms with Gasteiger partial charge >= 0.3 is 0 Å². The monoisotopic (exact) mass is 340 g/mol. The number of benzene rings is 2. The Balaban J connectivity index is 1.44. The highest BCUT2D eigenvalue weighted by atomic mass is 16.6. The number of carbonyl (C=O) groups excluding carboxylic acids is 1. The van der Waals surface area contributed by atoms with Gasteiger partial charge in [-0.2, -0.15) is 0 Å². The van der Waals surface area contributed by atoms with Crippen LogP contribution in [0.15, 0.2) is 42.5 Å². The third-order valence-electron chi connectivity index (χ3n) is 4.31. The van der Waals surface area contributed by atoms with Crippen LogP contribution in [0.4, 0.5) is 11.4 Å². The lowest BCUT2D eigenvalue weighted by Crippen LogP contribution is -2.36. The lowest BCUT2D eigenvalue weighted by Gasteiger charge is -2.28. The molecule has 0 spiro atoms. The Morgan fingerprint density at radius 1 is 0.880 bits per heavy atom. The topological polar surface area (TPSA) is 60.0 Å². The van der Waals surface area contributed by atoms with Crippen LogP contribution in [0.1, 0.15) is 10.4 Å². The van der Waals surface area contributed by atoms with Gasteiger partial charge in [-0.05, 0) is 36.4 Å². The summed E-state index contributed by atoms with van der Waals surface area (Å²) in [7, 11) is 0. The Labute approximate surface area is 146 Å². The number of fused-ring (bicyclic) bond motifs is 1. The molecule has 0 unspecified atom stereocenters. The minimum absolute atomic E-state index is 0.148. The molecule has 1 saturated heterocycles. The van der Waals surface area contributed by atoms with Crippen LogP contribution in [0.2, 0.25) is 0 Å². The van der Waals surface area contributed by atoms with Crippen LogP contribution >= 0.6 is 0 Å². The molecular weight excluding hydrogens is 320 g/mol. The van der Waals surface area contributed by atoms with Crippen LogP contribution in [0.25, 0.3) is 0 Å². The average molecular weight is 340 g/mol. The lowest BCUT2D eigenvalue weighted by molar-refractivity contribution is 0.102. The fraction of sp³-hybridized carbons (Fsp3) is 0.316. The molecule has 0 aliphatic carbocycles. The molecule has 0 radical (unpaired) electrons. The van der Waals surface area contributed by atoms with Crippen molar-refractivity contribution in [1.29, 1.82) is 0 Å². The van der Waals surface area contributed by atoms with Gasteiger partial charge in [0.15, 0.2) is 11.5 Å². The lowest BCUT2D eigenvalue weighted by atomic mass is 10.1.